The van der Waals surface area contributed by atoms with E-state index in [2.05, 4.69) is 15.3 Å². The number of aliphatic carboxylic acids is 1. The number of H-pyrrole nitrogens is 1. The molecule has 1 amide bonds. The Bertz CT molecular complexity index is 1150. The number of rotatable bonds is 8. The van der Waals surface area contributed by atoms with Gasteiger partial charge in [0.15, 0.2) is 5.54 Å². The van der Waals surface area contributed by atoms with Crippen LogP contribution in [0.1, 0.15) is 5.69 Å². The van der Waals surface area contributed by atoms with Crippen LogP contribution in [-0.2, 0) is 16.0 Å². The highest BCUT2D eigenvalue weighted by Gasteiger charge is 2.43. The van der Waals surface area contributed by atoms with Crippen LogP contribution in [-0.4, -0.2) is 49.8 Å². The van der Waals surface area contributed by atoms with Gasteiger partial charge in [0.05, 0.1) is 10.8 Å². The van der Waals surface area contributed by atoms with Gasteiger partial charge in [0.1, 0.15) is 5.82 Å². The number of aromatic nitrogens is 1. The van der Waals surface area contributed by atoms with Gasteiger partial charge in [-0.05, 0) is 41.8 Å². The third kappa shape index (κ3) is 5.11. The Hall–Kier alpha value is -2.78. The van der Waals surface area contributed by atoms with E-state index in [1.165, 1.54) is 35.7 Å². The van der Waals surface area contributed by atoms with Crippen molar-refractivity contribution in [2.24, 2.45) is 4.99 Å². The molecule has 0 fully saturated rings. The molecule has 0 bridgehead atoms. The largest absolute Gasteiger partial charge is 0.479 e. The second-order valence-electron chi connectivity index (χ2n) is 7.24. The lowest BCUT2D eigenvalue weighted by molar-refractivity contribution is -0.142. The Kier molecular flexibility index (Phi) is 6.33. The first-order valence-corrected chi connectivity index (χ1v) is 11.7. The number of halogens is 1. The highest BCUT2D eigenvalue weighted by atomic mass is 32.2. The topological polar surface area (TPSA) is 94.5 Å². The molecule has 0 spiro atoms. The number of aliphatic imine (C=N–C) groups is 1. The summed E-state index contributed by atoms with van der Waals surface area (Å²) in [6.07, 6.45) is 0.189. The van der Waals surface area contributed by atoms with Gasteiger partial charge in [-0.3, -0.25) is 9.79 Å². The molecule has 0 saturated heterocycles. The van der Waals surface area contributed by atoms with Crippen molar-refractivity contribution in [2.45, 2.75) is 12.0 Å². The lowest BCUT2D eigenvalue weighted by Gasteiger charge is -2.19. The number of para-hydroxylation sites is 1. The van der Waals surface area contributed by atoms with Gasteiger partial charge in [0, 0.05) is 34.8 Å². The zero-order valence-electron chi connectivity index (χ0n) is 16.4. The molecule has 1 atom stereocenters. The van der Waals surface area contributed by atoms with Gasteiger partial charge in [0.2, 0.25) is 5.91 Å². The van der Waals surface area contributed by atoms with Crippen molar-refractivity contribution < 1.29 is 19.1 Å². The summed E-state index contributed by atoms with van der Waals surface area (Å²) in [7, 11) is 0. The van der Waals surface area contributed by atoms with Crippen LogP contribution in [0.2, 0.25) is 0 Å². The zero-order chi connectivity index (χ0) is 21.8. The Morgan fingerprint density at radius 2 is 2.03 bits per heavy atom. The van der Waals surface area contributed by atoms with E-state index in [0.29, 0.717) is 27.8 Å². The first-order valence-electron chi connectivity index (χ1n) is 9.58. The maximum absolute atomic E-state index is 13.4. The molecule has 6 nitrogen and oxygen atoms in total. The predicted molar refractivity (Wildman–Crippen MR) is 125 cm³/mol. The Balaban J connectivity index is 1.38. The molecule has 31 heavy (non-hydrogen) atoms. The summed E-state index contributed by atoms with van der Waals surface area (Å²) < 4.78 is 13.4. The van der Waals surface area contributed by atoms with Crippen molar-refractivity contribution in [1.82, 2.24) is 4.98 Å². The number of nitrogens with zero attached hydrogens (tertiary/aromatic N) is 1. The van der Waals surface area contributed by atoms with Crippen molar-refractivity contribution in [2.75, 3.05) is 22.6 Å². The van der Waals surface area contributed by atoms with Crippen molar-refractivity contribution in [3.8, 4) is 0 Å². The van der Waals surface area contributed by atoms with Crippen LogP contribution < -0.4 is 5.32 Å². The smallest absolute Gasteiger partial charge is 0.332 e. The number of carboxylic acid groups (broad SMARTS) is 1. The van der Waals surface area contributed by atoms with Gasteiger partial charge < -0.3 is 15.4 Å². The Morgan fingerprint density at radius 3 is 2.81 bits per heavy atom. The van der Waals surface area contributed by atoms with Gasteiger partial charge in [0.25, 0.3) is 0 Å². The number of carboxylic acids is 1. The van der Waals surface area contributed by atoms with Crippen LogP contribution in [0.4, 0.5) is 10.1 Å². The van der Waals surface area contributed by atoms with E-state index in [-0.39, 0.29) is 23.9 Å². The Morgan fingerprint density at radius 1 is 1.23 bits per heavy atom. The fourth-order valence-electron chi connectivity index (χ4n) is 3.37. The van der Waals surface area contributed by atoms with Gasteiger partial charge in [-0.25, -0.2) is 9.18 Å². The third-order valence-corrected chi connectivity index (χ3v) is 7.17. The van der Waals surface area contributed by atoms with Crippen LogP contribution in [0.25, 0.3) is 10.9 Å². The lowest BCUT2D eigenvalue weighted by atomic mass is 9.96. The maximum Gasteiger partial charge on any atom is 0.332 e. The SMILES string of the molecule is O=C(CSCC1=NC(Cc2cc3ccc(F)cc3[nH]2)(C(=O)O)CS1)Nc1ccccc1. The normalized spacial score (nSPS) is 18.2. The van der Waals surface area contributed by atoms with E-state index < -0.39 is 11.5 Å². The number of carbonyl (C=O) groups excluding carboxylic acids is 1. The van der Waals surface area contributed by atoms with Crippen LogP contribution >= 0.6 is 23.5 Å². The monoisotopic (exact) mass is 457 g/mol. The van der Waals surface area contributed by atoms with Gasteiger partial charge in [-0.15, -0.1) is 23.5 Å². The van der Waals surface area contributed by atoms with Crippen LogP contribution in [0.3, 0.4) is 0 Å². The molecule has 1 aliphatic rings. The second kappa shape index (κ2) is 9.15. The van der Waals surface area contributed by atoms with Gasteiger partial charge in [-0.1, -0.05) is 18.2 Å². The second-order valence-corrected chi connectivity index (χ2v) is 9.28. The summed E-state index contributed by atoms with van der Waals surface area (Å²) in [5.41, 5.74) is 0.796. The van der Waals surface area contributed by atoms with E-state index in [1.54, 1.807) is 6.07 Å². The van der Waals surface area contributed by atoms with Gasteiger partial charge >= 0.3 is 5.97 Å². The van der Waals surface area contributed by atoms with Crippen molar-refractivity contribution in [3.63, 3.8) is 0 Å². The number of anilines is 1. The van der Waals surface area contributed by atoms with E-state index in [0.717, 1.165) is 11.1 Å². The molecular formula is C22H20FN3O3S2. The summed E-state index contributed by atoms with van der Waals surface area (Å²) in [5, 5.41) is 14.2. The number of hydrogen-bond donors (Lipinski definition) is 3. The molecule has 2 aromatic carbocycles. The summed E-state index contributed by atoms with van der Waals surface area (Å²) in [6, 6.07) is 15.5. The van der Waals surface area contributed by atoms with Crippen molar-refractivity contribution >= 4 is 57.0 Å². The summed E-state index contributed by atoms with van der Waals surface area (Å²) in [5.74, 6) is -0.416. The van der Waals surface area contributed by atoms with Crippen molar-refractivity contribution in [1.29, 1.82) is 0 Å². The van der Waals surface area contributed by atoms with E-state index in [1.807, 2.05) is 36.4 Å². The van der Waals surface area contributed by atoms with E-state index >= 15 is 0 Å². The molecule has 9 heteroatoms. The number of fused-ring (bicyclic) bond motifs is 1. The standard InChI is InChI=1S/C22H20FN3O3S2/c23-15-7-6-14-8-17(24-18(14)9-15)10-22(21(28)29)13-31-20(26-22)12-30-11-19(27)25-16-4-2-1-3-5-16/h1-9,24H,10-13H2,(H,25,27)(H,28,29). The maximum atomic E-state index is 13.4. The number of thioether (sulfide) groups is 2. The lowest BCUT2D eigenvalue weighted by Crippen LogP contribution is -2.39. The molecule has 1 aromatic heterocycles. The fraction of sp³-hybridized carbons (Fsp3) is 0.227. The van der Waals surface area contributed by atoms with Crippen LogP contribution in [0.15, 0.2) is 59.6 Å². The minimum atomic E-state index is -1.27. The molecule has 1 aliphatic heterocycles. The number of amides is 1. The first-order chi connectivity index (χ1) is 14.9. The quantitative estimate of drug-likeness (QED) is 0.472. The Labute approximate surface area is 186 Å². The summed E-state index contributed by atoms with van der Waals surface area (Å²) in [4.78, 5) is 31.7. The number of nitrogens with one attached hydrogen (secondary N) is 2. The molecule has 160 valence electrons. The minimum absolute atomic E-state index is 0.116. The molecule has 0 aliphatic carbocycles. The number of benzene rings is 2. The molecule has 0 saturated carbocycles. The average Bonchev–Trinajstić information content (AvgIpc) is 3.33. The molecule has 2 heterocycles. The molecule has 1 unspecified atom stereocenters. The fourth-order valence-corrected chi connectivity index (χ4v) is 5.49. The predicted octanol–water partition coefficient (Wildman–Crippen LogP) is 4.19. The zero-order valence-corrected chi connectivity index (χ0v) is 18.1. The van der Waals surface area contributed by atoms with Gasteiger partial charge in [-0.2, -0.15) is 0 Å². The van der Waals surface area contributed by atoms with E-state index in [9.17, 15) is 19.1 Å². The third-order valence-electron chi connectivity index (χ3n) is 4.85. The van der Waals surface area contributed by atoms with Crippen molar-refractivity contribution in [3.05, 3.63) is 66.1 Å². The average molecular weight is 458 g/mol. The van der Waals surface area contributed by atoms with E-state index in [4.69, 9.17) is 0 Å². The molecular weight excluding hydrogens is 437 g/mol. The number of hydrogen-bond acceptors (Lipinski definition) is 5. The van der Waals surface area contributed by atoms with Crippen LogP contribution in [0.5, 0.6) is 0 Å². The number of carbonyl (C=O) groups is 2. The molecule has 0 radical (unpaired) electrons. The molecule has 3 N–H and O–H groups in total. The number of aromatic amines is 1. The first kappa shape index (κ1) is 21.5. The summed E-state index contributed by atoms with van der Waals surface area (Å²) >= 11 is 2.80. The molecule has 3 aromatic rings. The highest BCUT2D eigenvalue weighted by molar-refractivity contribution is 8.16. The van der Waals surface area contributed by atoms with Crippen LogP contribution in [0, 0.1) is 5.82 Å². The minimum Gasteiger partial charge on any atom is -0.479 e. The summed E-state index contributed by atoms with van der Waals surface area (Å²) in [6.45, 7) is 0. The highest BCUT2D eigenvalue weighted by Crippen LogP contribution is 2.33. The molecule has 4 rings (SSSR count).